The van der Waals surface area contributed by atoms with Crippen molar-refractivity contribution in [3.63, 3.8) is 0 Å². The Morgan fingerprint density at radius 3 is 2.92 bits per heavy atom. The van der Waals surface area contributed by atoms with Crippen molar-refractivity contribution < 1.29 is 0 Å². The molecule has 1 aromatic rings. The van der Waals surface area contributed by atoms with Crippen molar-refractivity contribution in [1.29, 1.82) is 0 Å². The fraction of sp³-hybridized carbons (Fsp3) is 0.500. The fourth-order valence-electron chi connectivity index (χ4n) is 0.964. The Labute approximate surface area is 71.0 Å². The first-order valence-corrected chi connectivity index (χ1v) is 3.88. The van der Waals surface area contributed by atoms with Gasteiger partial charge in [0.15, 0.2) is 0 Å². The maximum atomic E-state index is 11.2. The lowest BCUT2D eigenvalue weighted by Crippen LogP contribution is -2.29. The van der Waals surface area contributed by atoms with Gasteiger partial charge in [-0.1, -0.05) is 0 Å². The molecule has 0 aliphatic heterocycles. The van der Waals surface area contributed by atoms with Crippen molar-refractivity contribution in [1.82, 2.24) is 9.55 Å². The van der Waals surface area contributed by atoms with Crippen LogP contribution in [0.3, 0.4) is 0 Å². The molecular weight excluding hydrogens is 154 g/mol. The smallest absolute Gasteiger partial charge is 0.253 e. The molecule has 66 valence electrons. The molecule has 0 spiro atoms. The van der Waals surface area contributed by atoms with Crippen LogP contribution in [0.5, 0.6) is 0 Å². The predicted octanol–water partition coefficient (Wildman–Crippen LogP) is -0.101. The molecular formula is C8H13N3O. The highest BCUT2D eigenvalue weighted by Crippen LogP contribution is 1.86. The second kappa shape index (κ2) is 3.49. The van der Waals surface area contributed by atoms with E-state index < -0.39 is 0 Å². The van der Waals surface area contributed by atoms with Crippen LogP contribution in [0.4, 0.5) is 0 Å². The number of hydrogen-bond donors (Lipinski definition) is 1. The van der Waals surface area contributed by atoms with Gasteiger partial charge in [0.05, 0.1) is 6.33 Å². The second-order valence-corrected chi connectivity index (χ2v) is 3.00. The average molecular weight is 167 g/mol. The standard InChI is InChI=1S/C8H13N3O/c1-6(9)4-11-5-10-7(2)3-8(11)12/h3,5-6H,4,9H2,1-2H3/t6-/m1/s1. The van der Waals surface area contributed by atoms with Gasteiger partial charge in [-0.3, -0.25) is 9.36 Å². The summed E-state index contributed by atoms with van der Waals surface area (Å²) in [7, 11) is 0. The molecule has 0 unspecified atom stereocenters. The van der Waals surface area contributed by atoms with Crippen LogP contribution >= 0.6 is 0 Å². The number of aromatic nitrogens is 2. The second-order valence-electron chi connectivity index (χ2n) is 3.00. The van der Waals surface area contributed by atoms with E-state index in [4.69, 9.17) is 5.73 Å². The lowest BCUT2D eigenvalue weighted by molar-refractivity contribution is 0.564. The molecule has 0 aromatic carbocycles. The van der Waals surface area contributed by atoms with E-state index in [0.29, 0.717) is 6.54 Å². The van der Waals surface area contributed by atoms with Crippen molar-refractivity contribution in [2.75, 3.05) is 0 Å². The SMILES string of the molecule is Cc1cc(=O)n(C[C@@H](C)N)cn1. The number of aryl methyl sites for hydroxylation is 1. The molecule has 0 amide bonds. The van der Waals surface area contributed by atoms with Gasteiger partial charge in [0.2, 0.25) is 0 Å². The van der Waals surface area contributed by atoms with Crippen LogP contribution in [-0.4, -0.2) is 15.6 Å². The molecule has 4 nitrogen and oxygen atoms in total. The first-order valence-electron chi connectivity index (χ1n) is 3.88. The quantitative estimate of drug-likeness (QED) is 0.669. The molecule has 0 aliphatic rings. The Morgan fingerprint density at radius 2 is 2.42 bits per heavy atom. The zero-order chi connectivity index (χ0) is 9.14. The van der Waals surface area contributed by atoms with Gasteiger partial charge in [0.25, 0.3) is 5.56 Å². The normalized spacial score (nSPS) is 12.9. The maximum Gasteiger partial charge on any atom is 0.253 e. The zero-order valence-corrected chi connectivity index (χ0v) is 7.32. The monoisotopic (exact) mass is 167 g/mol. The van der Waals surface area contributed by atoms with Crippen LogP contribution in [0.15, 0.2) is 17.2 Å². The van der Waals surface area contributed by atoms with Crippen molar-refractivity contribution in [3.05, 3.63) is 28.4 Å². The minimum atomic E-state index is -0.0419. The number of nitrogens with zero attached hydrogens (tertiary/aromatic N) is 2. The summed E-state index contributed by atoms with van der Waals surface area (Å²) in [5, 5.41) is 0. The van der Waals surface area contributed by atoms with Crippen LogP contribution in [0, 0.1) is 6.92 Å². The largest absolute Gasteiger partial charge is 0.326 e. The number of rotatable bonds is 2. The molecule has 12 heavy (non-hydrogen) atoms. The molecule has 0 saturated carbocycles. The molecule has 0 bridgehead atoms. The lowest BCUT2D eigenvalue weighted by Gasteiger charge is -2.07. The zero-order valence-electron chi connectivity index (χ0n) is 7.32. The topological polar surface area (TPSA) is 60.9 Å². The summed E-state index contributed by atoms with van der Waals surface area (Å²) in [6.45, 7) is 4.16. The third-order valence-electron chi connectivity index (χ3n) is 1.50. The van der Waals surface area contributed by atoms with Crippen LogP contribution < -0.4 is 11.3 Å². The van der Waals surface area contributed by atoms with Crippen molar-refractivity contribution in [2.24, 2.45) is 5.73 Å². The van der Waals surface area contributed by atoms with Crippen LogP contribution in [0.2, 0.25) is 0 Å². The van der Waals surface area contributed by atoms with E-state index in [1.165, 1.54) is 17.0 Å². The predicted molar refractivity (Wildman–Crippen MR) is 46.9 cm³/mol. The van der Waals surface area contributed by atoms with Crippen molar-refractivity contribution >= 4 is 0 Å². The van der Waals surface area contributed by atoms with Gasteiger partial charge in [0, 0.05) is 24.3 Å². The fourth-order valence-corrected chi connectivity index (χ4v) is 0.964. The molecule has 0 saturated heterocycles. The van der Waals surface area contributed by atoms with Crippen LogP contribution in [0.25, 0.3) is 0 Å². The Balaban J connectivity index is 2.94. The molecule has 1 rings (SSSR count). The van der Waals surface area contributed by atoms with E-state index in [1.54, 1.807) is 6.92 Å². The molecule has 1 atom stereocenters. The first-order chi connectivity index (χ1) is 5.59. The summed E-state index contributed by atoms with van der Waals surface area (Å²) in [6, 6.07) is 1.48. The summed E-state index contributed by atoms with van der Waals surface area (Å²) < 4.78 is 1.51. The highest BCUT2D eigenvalue weighted by Gasteiger charge is 1.99. The van der Waals surface area contributed by atoms with Crippen molar-refractivity contribution in [2.45, 2.75) is 26.4 Å². The Bertz CT molecular complexity index is 316. The highest BCUT2D eigenvalue weighted by atomic mass is 16.1. The van der Waals surface area contributed by atoms with E-state index in [-0.39, 0.29) is 11.6 Å². The van der Waals surface area contributed by atoms with Crippen LogP contribution in [-0.2, 0) is 6.54 Å². The van der Waals surface area contributed by atoms with Crippen LogP contribution in [0.1, 0.15) is 12.6 Å². The third kappa shape index (κ3) is 2.17. The first kappa shape index (κ1) is 8.93. The molecule has 1 aromatic heterocycles. The summed E-state index contributed by atoms with van der Waals surface area (Å²) in [4.78, 5) is 15.2. The number of nitrogens with two attached hydrogens (primary N) is 1. The summed E-state index contributed by atoms with van der Waals surface area (Å²) in [6.07, 6.45) is 1.53. The van der Waals surface area contributed by atoms with E-state index in [9.17, 15) is 4.79 Å². The van der Waals surface area contributed by atoms with Gasteiger partial charge >= 0.3 is 0 Å². The lowest BCUT2D eigenvalue weighted by atomic mass is 10.3. The Morgan fingerprint density at radius 1 is 1.75 bits per heavy atom. The van der Waals surface area contributed by atoms with Gasteiger partial charge in [-0.15, -0.1) is 0 Å². The van der Waals surface area contributed by atoms with E-state index in [1.807, 2.05) is 6.92 Å². The minimum Gasteiger partial charge on any atom is -0.326 e. The third-order valence-corrected chi connectivity index (χ3v) is 1.50. The van der Waals surface area contributed by atoms with Gasteiger partial charge in [-0.05, 0) is 13.8 Å². The van der Waals surface area contributed by atoms with Gasteiger partial charge in [-0.2, -0.15) is 0 Å². The van der Waals surface area contributed by atoms with E-state index >= 15 is 0 Å². The molecule has 0 fully saturated rings. The minimum absolute atomic E-state index is 0.0211. The summed E-state index contributed by atoms with van der Waals surface area (Å²) >= 11 is 0. The summed E-state index contributed by atoms with van der Waals surface area (Å²) in [5.74, 6) is 0. The highest BCUT2D eigenvalue weighted by molar-refractivity contribution is 4.96. The molecule has 2 N–H and O–H groups in total. The van der Waals surface area contributed by atoms with Gasteiger partial charge < -0.3 is 5.73 Å². The molecule has 0 aliphatic carbocycles. The van der Waals surface area contributed by atoms with E-state index in [0.717, 1.165) is 5.69 Å². The Hall–Kier alpha value is -1.16. The Kier molecular flexibility index (Phi) is 2.60. The van der Waals surface area contributed by atoms with Gasteiger partial charge in [-0.25, -0.2) is 4.98 Å². The maximum absolute atomic E-state index is 11.2. The average Bonchev–Trinajstić information content (AvgIpc) is 1.94. The molecule has 0 radical (unpaired) electrons. The van der Waals surface area contributed by atoms with E-state index in [2.05, 4.69) is 4.98 Å². The molecule has 4 heteroatoms. The number of hydrogen-bond acceptors (Lipinski definition) is 3. The summed E-state index contributed by atoms with van der Waals surface area (Å²) in [5.41, 5.74) is 6.24. The molecule has 1 heterocycles. The van der Waals surface area contributed by atoms with Crippen molar-refractivity contribution in [3.8, 4) is 0 Å². The van der Waals surface area contributed by atoms with Gasteiger partial charge in [0.1, 0.15) is 0 Å².